The lowest BCUT2D eigenvalue weighted by atomic mass is 10.0. The number of benzene rings is 1. The van der Waals surface area contributed by atoms with Crippen LogP contribution < -0.4 is 5.32 Å². The van der Waals surface area contributed by atoms with Gasteiger partial charge >= 0.3 is 0 Å². The zero-order valence-corrected chi connectivity index (χ0v) is 12.9. The van der Waals surface area contributed by atoms with Crippen molar-refractivity contribution in [1.29, 1.82) is 0 Å². The summed E-state index contributed by atoms with van der Waals surface area (Å²) in [6.07, 6.45) is 0. The first kappa shape index (κ1) is 15.1. The minimum Gasteiger partial charge on any atom is -0.466 e. The van der Waals surface area contributed by atoms with Crippen molar-refractivity contribution in [3.63, 3.8) is 0 Å². The largest absolute Gasteiger partial charge is 0.466 e. The number of nitrogens with one attached hydrogen (secondary N) is 1. The molecule has 0 aliphatic rings. The molecule has 1 aromatic heterocycles. The number of hydrogen-bond acceptors (Lipinski definition) is 2. The van der Waals surface area contributed by atoms with E-state index >= 15 is 0 Å². The third-order valence-electron chi connectivity index (χ3n) is 3.47. The maximum absolute atomic E-state index is 13.1. The number of furan rings is 1. The maximum Gasteiger partial charge on any atom is 0.124 e. The summed E-state index contributed by atoms with van der Waals surface area (Å²) >= 11 is 6.09. The Hall–Kier alpha value is -1.32. The predicted molar refractivity (Wildman–Crippen MR) is 79.6 cm³/mol. The van der Waals surface area contributed by atoms with Crippen LogP contribution in [0.3, 0.4) is 0 Å². The molecule has 2 rings (SSSR count). The van der Waals surface area contributed by atoms with Gasteiger partial charge < -0.3 is 9.73 Å². The van der Waals surface area contributed by atoms with Gasteiger partial charge in [-0.15, -0.1) is 0 Å². The van der Waals surface area contributed by atoms with E-state index in [-0.39, 0.29) is 17.9 Å². The highest BCUT2D eigenvalue weighted by atomic mass is 35.5. The van der Waals surface area contributed by atoms with Gasteiger partial charge in [-0.2, -0.15) is 0 Å². The molecular weight excluding hydrogens is 277 g/mol. The van der Waals surface area contributed by atoms with Crippen molar-refractivity contribution in [3.05, 3.63) is 57.8 Å². The Bertz CT molecular complexity index is 609. The van der Waals surface area contributed by atoms with Gasteiger partial charge in [-0.3, -0.25) is 0 Å². The van der Waals surface area contributed by atoms with Gasteiger partial charge in [0.25, 0.3) is 0 Å². The molecule has 0 saturated heterocycles. The van der Waals surface area contributed by atoms with E-state index in [2.05, 4.69) is 12.2 Å². The fourth-order valence-electron chi connectivity index (χ4n) is 2.49. The summed E-state index contributed by atoms with van der Waals surface area (Å²) in [5, 5.41) is 3.90. The van der Waals surface area contributed by atoms with Gasteiger partial charge in [-0.05, 0) is 51.5 Å². The molecule has 2 atom stereocenters. The monoisotopic (exact) mass is 295 g/mol. The summed E-state index contributed by atoms with van der Waals surface area (Å²) in [5.41, 5.74) is 2.02. The Morgan fingerprint density at radius 1 is 1.10 bits per heavy atom. The van der Waals surface area contributed by atoms with Crippen molar-refractivity contribution in [2.75, 3.05) is 0 Å². The summed E-state index contributed by atoms with van der Waals surface area (Å²) in [7, 11) is 0. The van der Waals surface area contributed by atoms with E-state index in [0.29, 0.717) is 5.02 Å². The summed E-state index contributed by atoms with van der Waals surface area (Å²) in [6, 6.07) is 6.67. The van der Waals surface area contributed by atoms with Gasteiger partial charge in [0, 0.05) is 22.7 Å². The molecule has 2 nitrogen and oxygen atoms in total. The summed E-state index contributed by atoms with van der Waals surface area (Å²) < 4.78 is 18.6. The second-order valence-corrected chi connectivity index (χ2v) is 5.55. The Balaban J connectivity index is 2.14. The molecule has 0 radical (unpaired) electrons. The molecule has 1 heterocycles. The molecule has 0 aliphatic carbocycles. The summed E-state index contributed by atoms with van der Waals surface area (Å²) in [4.78, 5) is 0. The zero-order valence-electron chi connectivity index (χ0n) is 12.1. The van der Waals surface area contributed by atoms with Crippen molar-refractivity contribution in [2.24, 2.45) is 0 Å². The van der Waals surface area contributed by atoms with Crippen molar-refractivity contribution in [1.82, 2.24) is 5.32 Å². The second-order valence-electron chi connectivity index (χ2n) is 5.14. The molecule has 1 N–H and O–H groups in total. The van der Waals surface area contributed by atoms with Crippen LogP contribution in [0.15, 0.2) is 28.7 Å². The van der Waals surface area contributed by atoms with E-state index in [4.69, 9.17) is 16.0 Å². The summed E-state index contributed by atoms with van der Waals surface area (Å²) in [5.74, 6) is 1.50. The minimum absolute atomic E-state index is 0.0210. The van der Waals surface area contributed by atoms with Gasteiger partial charge in [0.15, 0.2) is 0 Å². The van der Waals surface area contributed by atoms with Crippen LogP contribution >= 0.6 is 11.6 Å². The molecule has 0 aliphatic heterocycles. The van der Waals surface area contributed by atoms with Crippen LogP contribution in [0.25, 0.3) is 0 Å². The third-order valence-corrected chi connectivity index (χ3v) is 3.80. The number of halogens is 2. The van der Waals surface area contributed by atoms with Crippen molar-refractivity contribution in [3.8, 4) is 0 Å². The van der Waals surface area contributed by atoms with Gasteiger partial charge in [0.05, 0.1) is 0 Å². The van der Waals surface area contributed by atoms with Crippen molar-refractivity contribution in [2.45, 2.75) is 39.8 Å². The van der Waals surface area contributed by atoms with Gasteiger partial charge in [0.1, 0.15) is 17.3 Å². The first-order valence-corrected chi connectivity index (χ1v) is 7.04. The lowest BCUT2D eigenvalue weighted by Crippen LogP contribution is -2.23. The lowest BCUT2D eigenvalue weighted by Gasteiger charge is -2.21. The average molecular weight is 296 g/mol. The lowest BCUT2D eigenvalue weighted by molar-refractivity contribution is 0.468. The normalized spacial score (nSPS) is 14.3. The van der Waals surface area contributed by atoms with E-state index in [1.165, 1.54) is 12.1 Å². The number of hydrogen-bond donors (Lipinski definition) is 1. The van der Waals surface area contributed by atoms with Crippen LogP contribution in [0.5, 0.6) is 0 Å². The Labute approximate surface area is 123 Å². The molecule has 108 valence electrons. The van der Waals surface area contributed by atoms with Crippen LogP contribution in [0.2, 0.25) is 5.02 Å². The van der Waals surface area contributed by atoms with E-state index in [9.17, 15) is 4.39 Å². The van der Waals surface area contributed by atoms with Gasteiger partial charge in [0.2, 0.25) is 0 Å². The van der Waals surface area contributed by atoms with E-state index < -0.39 is 0 Å². The van der Waals surface area contributed by atoms with Crippen LogP contribution in [0.1, 0.15) is 48.6 Å². The SMILES string of the molecule is Cc1cc(C(C)NC(C)c2ccc(F)cc2Cl)c(C)o1. The first-order chi connectivity index (χ1) is 9.38. The van der Waals surface area contributed by atoms with Gasteiger partial charge in [-0.1, -0.05) is 17.7 Å². The van der Waals surface area contributed by atoms with E-state index in [1.807, 2.05) is 26.8 Å². The molecule has 1 aromatic carbocycles. The van der Waals surface area contributed by atoms with Crippen LogP contribution in [0, 0.1) is 19.7 Å². The average Bonchev–Trinajstić information content (AvgIpc) is 2.68. The second kappa shape index (κ2) is 5.98. The molecule has 20 heavy (non-hydrogen) atoms. The maximum atomic E-state index is 13.1. The molecule has 2 unspecified atom stereocenters. The van der Waals surface area contributed by atoms with E-state index in [0.717, 1.165) is 22.6 Å². The standard InChI is InChI=1S/C16H19ClFNO/c1-9-7-15(12(4)20-9)11(3)19-10(2)14-6-5-13(18)8-16(14)17/h5-8,10-11,19H,1-4H3. The molecule has 4 heteroatoms. The fraction of sp³-hybridized carbons (Fsp3) is 0.375. The Morgan fingerprint density at radius 3 is 2.30 bits per heavy atom. The molecule has 0 fully saturated rings. The topological polar surface area (TPSA) is 25.2 Å². The molecule has 0 saturated carbocycles. The Kier molecular flexibility index (Phi) is 4.51. The zero-order chi connectivity index (χ0) is 14.9. The number of aryl methyl sites for hydroxylation is 2. The quantitative estimate of drug-likeness (QED) is 0.849. The fourth-order valence-corrected chi connectivity index (χ4v) is 2.82. The van der Waals surface area contributed by atoms with Crippen LogP contribution in [-0.4, -0.2) is 0 Å². The van der Waals surface area contributed by atoms with Crippen molar-refractivity contribution >= 4 is 11.6 Å². The molecule has 0 bridgehead atoms. The van der Waals surface area contributed by atoms with Crippen molar-refractivity contribution < 1.29 is 8.81 Å². The first-order valence-electron chi connectivity index (χ1n) is 6.66. The number of rotatable bonds is 4. The molecule has 0 spiro atoms. The van der Waals surface area contributed by atoms with Crippen LogP contribution in [-0.2, 0) is 0 Å². The minimum atomic E-state index is -0.319. The van der Waals surface area contributed by atoms with E-state index in [1.54, 1.807) is 6.07 Å². The highest BCUT2D eigenvalue weighted by Gasteiger charge is 2.17. The highest BCUT2D eigenvalue weighted by Crippen LogP contribution is 2.28. The Morgan fingerprint density at radius 2 is 1.75 bits per heavy atom. The molecule has 2 aromatic rings. The van der Waals surface area contributed by atoms with Crippen LogP contribution in [0.4, 0.5) is 4.39 Å². The smallest absolute Gasteiger partial charge is 0.124 e. The highest BCUT2D eigenvalue weighted by molar-refractivity contribution is 6.31. The predicted octanol–water partition coefficient (Wildman–Crippen LogP) is 5.10. The third kappa shape index (κ3) is 3.22. The molecular formula is C16H19ClFNO. The molecule has 0 amide bonds. The summed E-state index contributed by atoms with van der Waals surface area (Å²) in [6.45, 7) is 7.97. The van der Waals surface area contributed by atoms with Gasteiger partial charge in [-0.25, -0.2) is 4.39 Å².